The number of aliphatic carboxylic acids is 1. The van der Waals surface area contributed by atoms with E-state index in [0.717, 1.165) is 19.3 Å². The molecule has 0 spiro atoms. The lowest BCUT2D eigenvalue weighted by Gasteiger charge is -2.37. The van der Waals surface area contributed by atoms with E-state index in [4.69, 9.17) is 5.11 Å². The van der Waals surface area contributed by atoms with E-state index < -0.39 is 5.97 Å². The van der Waals surface area contributed by atoms with Crippen molar-refractivity contribution in [3.8, 4) is 0 Å². The first-order chi connectivity index (χ1) is 8.71. The van der Waals surface area contributed by atoms with E-state index in [0.29, 0.717) is 6.54 Å². The van der Waals surface area contributed by atoms with E-state index in [1.807, 2.05) is 6.92 Å². The number of likely N-dealkylation sites (tertiary alicyclic amines) is 1. The van der Waals surface area contributed by atoms with Crippen LogP contribution in [-0.4, -0.2) is 40.6 Å². The normalized spacial score (nSPS) is 21.9. The number of hydrogen-bond acceptors (Lipinski definition) is 2. The molecule has 2 unspecified atom stereocenters. The lowest BCUT2D eigenvalue weighted by atomic mass is 9.88. The lowest BCUT2D eigenvalue weighted by Crippen LogP contribution is -2.53. The highest BCUT2D eigenvalue weighted by Gasteiger charge is 2.30. The number of carboxylic acids is 1. The second-order valence-corrected chi connectivity index (χ2v) is 6.48. The summed E-state index contributed by atoms with van der Waals surface area (Å²) in [6, 6.07) is -0.251. The monoisotopic (exact) mass is 270 g/mol. The average molecular weight is 270 g/mol. The van der Waals surface area contributed by atoms with Crippen LogP contribution in [0, 0.1) is 5.41 Å². The predicted octanol–water partition coefficient (Wildman–Crippen LogP) is 2.46. The van der Waals surface area contributed by atoms with Gasteiger partial charge in [-0.1, -0.05) is 20.8 Å². The van der Waals surface area contributed by atoms with E-state index in [-0.39, 0.29) is 30.0 Å². The molecular formula is C14H26N2O3. The van der Waals surface area contributed by atoms with Gasteiger partial charge in [0.1, 0.15) is 0 Å². The zero-order valence-corrected chi connectivity index (χ0v) is 12.4. The fourth-order valence-corrected chi connectivity index (χ4v) is 2.17. The van der Waals surface area contributed by atoms with Gasteiger partial charge >= 0.3 is 12.0 Å². The minimum atomic E-state index is -0.839. The highest BCUT2D eigenvalue weighted by atomic mass is 16.4. The quantitative estimate of drug-likeness (QED) is 0.827. The van der Waals surface area contributed by atoms with Crippen molar-refractivity contribution < 1.29 is 14.7 Å². The Morgan fingerprint density at radius 2 is 2.00 bits per heavy atom. The Kier molecular flexibility index (Phi) is 5.20. The summed E-state index contributed by atoms with van der Waals surface area (Å²) in [7, 11) is 0. The zero-order valence-electron chi connectivity index (χ0n) is 12.4. The van der Waals surface area contributed by atoms with Crippen LogP contribution in [0.25, 0.3) is 0 Å². The van der Waals surface area contributed by atoms with Gasteiger partial charge in [-0.2, -0.15) is 0 Å². The van der Waals surface area contributed by atoms with Gasteiger partial charge in [0.15, 0.2) is 0 Å². The van der Waals surface area contributed by atoms with Crippen molar-refractivity contribution in [1.82, 2.24) is 10.2 Å². The predicted molar refractivity (Wildman–Crippen MR) is 74.0 cm³/mol. The van der Waals surface area contributed by atoms with Crippen molar-refractivity contribution in [1.29, 1.82) is 0 Å². The summed E-state index contributed by atoms with van der Waals surface area (Å²) in [5, 5.41) is 11.9. The largest absolute Gasteiger partial charge is 0.481 e. The number of hydrogen-bond donors (Lipinski definition) is 2. The van der Waals surface area contributed by atoms with Gasteiger partial charge in [0.25, 0.3) is 0 Å². The Labute approximate surface area is 115 Å². The summed E-state index contributed by atoms with van der Waals surface area (Å²) >= 11 is 0. The maximum Gasteiger partial charge on any atom is 0.317 e. The van der Waals surface area contributed by atoms with Crippen LogP contribution in [0.3, 0.4) is 0 Å². The topological polar surface area (TPSA) is 69.6 Å². The van der Waals surface area contributed by atoms with Crippen LogP contribution in [0.1, 0.15) is 53.4 Å². The molecule has 19 heavy (non-hydrogen) atoms. The van der Waals surface area contributed by atoms with E-state index in [1.165, 1.54) is 0 Å². The van der Waals surface area contributed by atoms with Gasteiger partial charge in [0.05, 0.1) is 6.42 Å². The maximum absolute atomic E-state index is 12.3. The SMILES string of the molecule is CC(NC(=O)N1CCCCC1CC(=O)O)C(C)(C)C. The fraction of sp³-hybridized carbons (Fsp3) is 0.857. The Hall–Kier alpha value is -1.26. The summed E-state index contributed by atoms with van der Waals surface area (Å²) in [4.78, 5) is 24.8. The van der Waals surface area contributed by atoms with Crippen molar-refractivity contribution in [3.63, 3.8) is 0 Å². The van der Waals surface area contributed by atoms with Crippen molar-refractivity contribution in [2.75, 3.05) is 6.54 Å². The van der Waals surface area contributed by atoms with E-state index in [9.17, 15) is 9.59 Å². The Morgan fingerprint density at radius 3 is 2.53 bits per heavy atom. The van der Waals surface area contributed by atoms with Gasteiger partial charge in [-0.3, -0.25) is 4.79 Å². The third-order valence-corrected chi connectivity index (χ3v) is 3.94. The summed E-state index contributed by atoms with van der Waals surface area (Å²) in [6.07, 6.45) is 2.77. The number of carbonyl (C=O) groups is 2. The van der Waals surface area contributed by atoms with Crippen LogP contribution in [0.15, 0.2) is 0 Å². The molecule has 2 atom stereocenters. The van der Waals surface area contributed by atoms with Gasteiger partial charge in [0, 0.05) is 18.6 Å². The molecule has 0 radical (unpaired) electrons. The van der Waals surface area contributed by atoms with Crippen LogP contribution in [0.5, 0.6) is 0 Å². The second-order valence-electron chi connectivity index (χ2n) is 6.48. The number of rotatable bonds is 3. The van der Waals surface area contributed by atoms with Crippen LogP contribution < -0.4 is 5.32 Å². The summed E-state index contributed by atoms with van der Waals surface area (Å²) < 4.78 is 0. The molecule has 1 fully saturated rings. The molecule has 0 aromatic heterocycles. The summed E-state index contributed by atoms with van der Waals surface area (Å²) in [5.41, 5.74) is -0.00621. The molecule has 1 rings (SSSR count). The molecular weight excluding hydrogens is 244 g/mol. The molecule has 0 aromatic rings. The molecule has 1 heterocycles. The van der Waals surface area contributed by atoms with Gasteiger partial charge < -0.3 is 15.3 Å². The Bertz CT molecular complexity index is 336. The highest BCUT2D eigenvalue weighted by molar-refractivity contribution is 5.76. The second kappa shape index (κ2) is 6.26. The molecule has 1 aliphatic rings. The first kappa shape index (κ1) is 15.8. The number of urea groups is 1. The van der Waals surface area contributed by atoms with E-state index in [2.05, 4.69) is 26.1 Å². The lowest BCUT2D eigenvalue weighted by molar-refractivity contribution is -0.138. The number of nitrogens with one attached hydrogen (secondary N) is 1. The minimum Gasteiger partial charge on any atom is -0.481 e. The number of nitrogens with zero attached hydrogens (tertiary/aromatic N) is 1. The molecule has 0 aromatic carbocycles. The number of piperidine rings is 1. The van der Waals surface area contributed by atoms with Gasteiger partial charge in [-0.05, 0) is 31.6 Å². The van der Waals surface area contributed by atoms with Crippen LogP contribution in [0.4, 0.5) is 4.79 Å². The first-order valence-electron chi connectivity index (χ1n) is 7.00. The zero-order chi connectivity index (χ0) is 14.6. The number of carboxylic acid groups (broad SMARTS) is 1. The summed E-state index contributed by atoms with van der Waals surface area (Å²) in [5.74, 6) is -0.839. The number of carbonyl (C=O) groups excluding carboxylic acids is 1. The first-order valence-corrected chi connectivity index (χ1v) is 7.00. The summed E-state index contributed by atoms with van der Waals surface area (Å²) in [6.45, 7) is 8.85. The molecule has 110 valence electrons. The molecule has 1 aliphatic heterocycles. The molecule has 2 N–H and O–H groups in total. The smallest absolute Gasteiger partial charge is 0.317 e. The Morgan fingerprint density at radius 1 is 1.37 bits per heavy atom. The standard InChI is InChI=1S/C14H26N2O3/c1-10(14(2,3)4)15-13(19)16-8-6-5-7-11(16)9-12(17)18/h10-11H,5-9H2,1-4H3,(H,15,19)(H,17,18). The minimum absolute atomic E-state index is 0.00621. The number of amides is 2. The van der Waals surface area contributed by atoms with Crippen LogP contribution >= 0.6 is 0 Å². The third kappa shape index (κ3) is 4.73. The molecule has 2 amide bonds. The van der Waals surface area contributed by atoms with Crippen molar-refractivity contribution in [3.05, 3.63) is 0 Å². The van der Waals surface area contributed by atoms with Gasteiger partial charge in [0.2, 0.25) is 0 Å². The molecule has 1 saturated heterocycles. The van der Waals surface area contributed by atoms with Crippen molar-refractivity contribution in [2.24, 2.45) is 5.41 Å². The van der Waals surface area contributed by atoms with E-state index >= 15 is 0 Å². The van der Waals surface area contributed by atoms with Crippen molar-refractivity contribution in [2.45, 2.75) is 65.5 Å². The molecule has 0 bridgehead atoms. The fourth-order valence-electron chi connectivity index (χ4n) is 2.17. The third-order valence-electron chi connectivity index (χ3n) is 3.94. The average Bonchev–Trinajstić information content (AvgIpc) is 2.27. The van der Waals surface area contributed by atoms with Gasteiger partial charge in [-0.15, -0.1) is 0 Å². The molecule has 0 aliphatic carbocycles. The van der Waals surface area contributed by atoms with Crippen LogP contribution in [0.2, 0.25) is 0 Å². The molecule has 5 nitrogen and oxygen atoms in total. The van der Waals surface area contributed by atoms with Gasteiger partial charge in [-0.25, -0.2) is 4.79 Å². The Balaban J connectivity index is 2.64. The highest BCUT2D eigenvalue weighted by Crippen LogP contribution is 2.22. The molecule has 0 saturated carbocycles. The maximum atomic E-state index is 12.3. The van der Waals surface area contributed by atoms with Crippen LogP contribution in [-0.2, 0) is 4.79 Å². The molecule has 5 heteroatoms. The van der Waals surface area contributed by atoms with E-state index in [1.54, 1.807) is 4.90 Å². The van der Waals surface area contributed by atoms with Crippen molar-refractivity contribution >= 4 is 12.0 Å².